The molecule has 1 N–H and O–H groups in total. The standard InChI is InChI=1S/C20H25N5O3/c1-5-28-20(27)15-6-8-16(9-7-15)22-18(26)10-11-24-19-14(4)23-25(13(2)3)17(19)12-21-24/h6-9,12-13H,5,10-11H2,1-4H3,(H,22,26). The third kappa shape index (κ3) is 4.05. The van der Waals surface area contributed by atoms with Crippen LogP contribution in [0, 0.1) is 6.92 Å². The molecule has 0 fully saturated rings. The van der Waals surface area contributed by atoms with Crippen molar-refractivity contribution >= 4 is 28.6 Å². The van der Waals surface area contributed by atoms with Crippen molar-refractivity contribution in [1.82, 2.24) is 19.6 Å². The van der Waals surface area contributed by atoms with E-state index in [0.717, 1.165) is 16.7 Å². The number of anilines is 1. The summed E-state index contributed by atoms with van der Waals surface area (Å²) >= 11 is 0. The lowest BCUT2D eigenvalue weighted by Gasteiger charge is -2.07. The Morgan fingerprint density at radius 2 is 1.93 bits per heavy atom. The number of rotatable bonds is 7. The molecule has 1 aromatic carbocycles. The number of carbonyl (C=O) groups is 2. The quantitative estimate of drug-likeness (QED) is 0.632. The van der Waals surface area contributed by atoms with Gasteiger partial charge in [-0.25, -0.2) is 4.79 Å². The highest BCUT2D eigenvalue weighted by molar-refractivity contribution is 5.93. The van der Waals surface area contributed by atoms with E-state index in [1.54, 1.807) is 37.4 Å². The molecule has 0 aliphatic heterocycles. The Morgan fingerprint density at radius 1 is 1.21 bits per heavy atom. The first kappa shape index (κ1) is 19.6. The van der Waals surface area contributed by atoms with Gasteiger partial charge in [0, 0.05) is 18.2 Å². The minimum Gasteiger partial charge on any atom is -0.462 e. The fourth-order valence-electron chi connectivity index (χ4n) is 3.08. The summed E-state index contributed by atoms with van der Waals surface area (Å²) < 4.78 is 8.71. The molecule has 148 valence electrons. The van der Waals surface area contributed by atoms with Gasteiger partial charge in [-0.2, -0.15) is 10.2 Å². The van der Waals surface area contributed by atoms with Gasteiger partial charge < -0.3 is 10.1 Å². The molecular formula is C20H25N5O3. The van der Waals surface area contributed by atoms with Crippen molar-refractivity contribution in [3.63, 3.8) is 0 Å². The van der Waals surface area contributed by atoms with Crippen molar-refractivity contribution in [1.29, 1.82) is 0 Å². The zero-order valence-corrected chi connectivity index (χ0v) is 16.6. The summed E-state index contributed by atoms with van der Waals surface area (Å²) in [4.78, 5) is 24.0. The van der Waals surface area contributed by atoms with Gasteiger partial charge in [0.25, 0.3) is 0 Å². The monoisotopic (exact) mass is 383 g/mol. The summed E-state index contributed by atoms with van der Waals surface area (Å²) in [7, 11) is 0. The van der Waals surface area contributed by atoms with Gasteiger partial charge >= 0.3 is 5.97 Å². The second kappa shape index (κ2) is 8.24. The molecule has 0 radical (unpaired) electrons. The van der Waals surface area contributed by atoms with E-state index in [-0.39, 0.29) is 24.3 Å². The van der Waals surface area contributed by atoms with Crippen molar-refractivity contribution < 1.29 is 14.3 Å². The molecular weight excluding hydrogens is 358 g/mol. The van der Waals surface area contributed by atoms with Crippen molar-refractivity contribution in [3.05, 3.63) is 41.7 Å². The molecule has 28 heavy (non-hydrogen) atoms. The SMILES string of the molecule is CCOC(=O)c1ccc(NC(=O)CCn2ncc3c2c(C)nn3C(C)C)cc1. The van der Waals surface area contributed by atoms with Gasteiger partial charge in [-0.1, -0.05) is 0 Å². The smallest absolute Gasteiger partial charge is 0.338 e. The number of hydrogen-bond donors (Lipinski definition) is 1. The maximum Gasteiger partial charge on any atom is 0.338 e. The summed E-state index contributed by atoms with van der Waals surface area (Å²) in [6, 6.07) is 6.89. The van der Waals surface area contributed by atoms with Gasteiger partial charge in [-0.05, 0) is 52.0 Å². The molecule has 8 nitrogen and oxygen atoms in total. The van der Waals surface area contributed by atoms with E-state index in [0.29, 0.717) is 24.4 Å². The molecule has 0 aliphatic carbocycles. The van der Waals surface area contributed by atoms with Crippen molar-refractivity contribution in [2.45, 2.75) is 46.7 Å². The first-order valence-corrected chi connectivity index (χ1v) is 9.38. The molecule has 0 atom stereocenters. The molecule has 0 saturated heterocycles. The van der Waals surface area contributed by atoms with Crippen LogP contribution >= 0.6 is 0 Å². The topological polar surface area (TPSA) is 91.0 Å². The highest BCUT2D eigenvalue weighted by Gasteiger charge is 2.16. The fourth-order valence-corrected chi connectivity index (χ4v) is 3.08. The Kier molecular flexibility index (Phi) is 5.77. The molecule has 2 heterocycles. The summed E-state index contributed by atoms with van der Waals surface area (Å²) in [5.74, 6) is -0.498. The van der Waals surface area contributed by atoms with Crippen LogP contribution in [0.3, 0.4) is 0 Å². The molecule has 1 amide bonds. The Balaban J connectivity index is 1.62. The lowest BCUT2D eigenvalue weighted by atomic mass is 10.2. The van der Waals surface area contributed by atoms with E-state index in [1.165, 1.54) is 0 Å². The molecule has 0 saturated carbocycles. The first-order chi connectivity index (χ1) is 13.4. The number of amides is 1. The lowest BCUT2D eigenvalue weighted by molar-refractivity contribution is -0.116. The number of ether oxygens (including phenoxy) is 1. The number of nitrogens with zero attached hydrogens (tertiary/aromatic N) is 4. The molecule has 0 unspecified atom stereocenters. The summed E-state index contributed by atoms with van der Waals surface area (Å²) in [6.07, 6.45) is 2.07. The van der Waals surface area contributed by atoms with Crippen molar-refractivity contribution in [2.75, 3.05) is 11.9 Å². The van der Waals surface area contributed by atoms with Gasteiger partial charge in [0.2, 0.25) is 5.91 Å². The van der Waals surface area contributed by atoms with Gasteiger partial charge in [0.15, 0.2) is 0 Å². The van der Waals surface area contributed by atoms with Crippen molar-refractivity contribution in [3.8, 4) is 0 Å². The highest BCUT2D eigenvalue weighted by Crippen LogP contribution is 2.21. The van der Waals surface area contributed by atoms with Gasteiger partial charge in [0.1, 0.15) is 11.0 Å². The average molecular weight is 383 g/mol. The molecule has 2 aromatic heterocycles. The van der Waals surface area contributed by atoms with Crippen molar-refractivity contribution in [2.24, 2.45) is 0 Å². The maximum absolute atomic E-state index is 12.3. The fraction of sp³-hybridized carbons (Fsp3) is 0.400. The van der Waals surface area contributed by atoms with Crippen LogP contribution in [0.1, 0.15) is 49.3 Å². The summed E-state index contributed by atoms with van der Waals surface area (Å²) in [5, 5.41) is 11.8. The van der Waals surface area contributed by atoms with Crippen LogP contribution in [-0.2, 0) is 16.1 Å². The Hall–Kier alpha value is -3.16. The molecule has 8 heteroatoms. The lowest BCUT2D eigenvalue weighted by Crippen LogP contribution is -2.15. The average Bonchev–Trinajstić information content (AvgIpc) is 3.22. The Morgan fingerprint density at radius 3 is 2.57 bits per heavy atom. The minimum atomic E-state index is -0.375. The maximum atomic E-state index is 12.3. The summed E-state index contributed by atoms with van der Waals surface area (Å²) in [6.45, 7) is 8.64. The van der Waals surface area contributed by atoms with Crippen LogP contribution < -0.4 is 5.32 Å². The van der Waals surface area contributed by atoms with E-state index in [9.17, 15) is 9.59 Å². The molecule has 0 spiro atoms. The third-order valence-corrected chi connectivity index (χ3v) is 4.39. The second-order valence-electron chi connectivity index (χ2n) is 6.82. The second-order valence-corrected chi connectivity index (χ2v) is 6.82. The van der Waals surface area contributed by atoms with Gasteiger partial charge in [-0.15, -0.1) is 0 Å². The number of nitrogens with one attached hydrogen (secondary N) is 1. The zero-order valence-electron chi connectivity index (χ0n) is 16.6. The molecule has 0 bridgehead atoms. The van der Waals surface area contributed by atoms with Gasteiger partial charge in [0.05, 0.1) is 30.6 Å². The van der Waals surface area contributed by atoms with E-state index in [2.05, 4.69) is 29.4 Å². The number of aromatic nitrogens is 4. The van der Waals surface area contributed by atoms with Crippen LogP contribution in [0.2, 0.25) is 0 Å². The third-order valence-electron chi connectivity index (χ3n) is 4.39. The van der Waals surface area contributed by atoms with E-state index in [4.69, 9.17) is 4.74 Å². The zero-order chi connectivity index (χ0) is 20.3. The first-order valence-electron chi connectivity index (χ1n) is 9.38. The molecule has 0 aliphatic rings. The molecule has 3 aromatic rings. The number of fused-ring (bicyclic) bond motifs is 1. The van der Waals surface area contributed by atoms with Gasteiger partial charge in [-0.3, -0.25) is 14.2 Å². The van der Waals surface area contributed by atoms with Crippen LogP contribution in [0.4, 0.5) is 5.69 Å². The number of benzene rings is 1. The molecule has 3 rings (SSSR count). The highest BCUT2D eigenvalue weighted by atomic mass is 16.5. The number of aryl methyl sites for hydroxylation is 2. The van der Waals surface area contributed by atoms with Crippen LogP contribution in [-0.4, -0.2) is 38.0 Å². The normalized spacial score (nSPS) is 11.2. The number of esters is 1. The number of carbonyl (C=O) groups excluding carboxylic acids is 2. The van der Waals surface area contributed by atoms with E-state index >= 15 is 0 Å². The van der Waals surface area contributed by atoms with Crippen LogP contribution in [0.15, 0.2) is 30.5 Å². The van der Waals surface area contributed by atoms with E-state index in [1.807, 2.05) is 16.3 Å². The largest absolute Gasteiger partial charge is 0.462 e. The minimum absolute atomic E-state index is 0.124. The van der Waals surface area contributed by atoms with Crippen LogP contribution in [0.25, 0.3) is 11.0 Å². The Bertz CT molecular complexity index is 985. The predicted octanol–water partition coefficient (Wildman–Crippen LogP) is 3.33. The predicted molar refractivity (Wildman–Crippen MR) is 106 cm³/mol. The van der Waals surface area contributed by atoms with Crippen LogP contribution in [0.5, 0.6) is 0 Å². The van der Waals surface area contributed by atoms with E-state index < -0.39 is 0 Å². The summed E-state index contributed by atoms with van der Waals surface area (Å²) in [5.41, 5.74) is 3.92. The number of hydrogen-bond acceptors (Lipinski definition) is 5. The Labute approximate surface area is 163 Å².